The van der Waals surface area contributed by atoms with Crippen LogP contribution < -0.4 is 4.74 Å². The van der Waals surface area contributed by atoms with Crippen molar-refractivity contribution in [3.05, 3.63) is 65.2 Å². The molecule has 0 spiro atoms. The van der Waals surface area contributed by atoms with Crippen molar-refractivity contribution >= 4 is 10.4 Å². The highest BCUT2D eigenvalue weighted by atomic mass is 32.3. The van der Waals surface area contributed by atoms with Gasteiger partial charge < -0.3 is 9.64 Å². The van der Waals surface area contributed by atoms with Gasteiger partial charge in [0.1, 0.15) is 12.4 Å². The Balaban J connectivity index is 0.000000537. The van der Waals surface area contributed by atoms with Gasteiger partial charge in [-0.05, 0) is 31.2 Å². The third-order valence-electron chi connectivity index (χ3n) is 4.71. The molecule has 0 aromatic heterocycles. The van der Waals surface area contributed by atoms with E-state index in [0.717, 1.165) is 51.5 Å². The first-order chi connectivity index (χ1) is 13.7. The van der Waals surface area contributed by atoms with Gasteiger partial charge in [-0.2, -0.15) is 8.42 Å². The molecule has 8 heteroatoms. The van der Waals surface area contributed by atoms with Gasteiger partial charge >= 0.3 is 10.4 Å². The number of aryl methyl sites for hydroxylation is 1. The highest BCUT2D eigenvalue weighted by molar-refractivity contribution is 7.79. The van der Waals surface area contributed by atoms with E-state index in [0.29, 0.717) is 0 Å². The van der Waals surface area contributed by atoms with Crippen LogP contribution in [0.15, 0.2) is 48.5 Å². The van der Waals surface area contributed by atoms with Crippen LogP contribution in [0.5, 0.6) is 5.75 Å². The quantitative estimate of drug-likeness (QED) is 0.692. The molecule has 2 N–H and O–H groups in total. The summed E-state index contributed by atoms with van der Waals surface area (Å²) in [5, 5.41) is 0. The molecule has 160 valence electrons. The maximum Gasteiger partial charge on any atom is 0.394 e. The van der Waals surface area contributed by atoms with Crippen LogP contribution in [-0.4, -0.2) is 73.7 Å². The smallest absolute Gasteiger partial charge is 0.394 e. The minimum atomic E-state index is -4.67. The molecular formula is C21H30N2O5S. The normalized spacial score (nSPS) is 15.4. The summed E-state index contributed by atoms with van der Waals surface area (Å²) in [5.41, 5.74) is 3.89. The lowest BCUT2D eigenvalue weighted by Gasteiger charge is -2.32. The Morgan fingerprint density at radius 2 is 1.62 bits per heavy atom. The van der Waals surface area contributed by atoms with Gasteiger partial charge in [0.2, 0.25) is 0 Å². The molecule has 1 aliphatic heterocycles. The van der Waals surface area contributed by atoms with E-state index < -0.39 is 10.4 Å². The van der Waals surface area contributed by atoms with E-state index in [2.05, 4.69) is 72.3 Å². The Morgan fingerprint density at radius 1 is 1.00 bits per heavy atom. The van der Waals surface area contributed by atoms with Gasteiger partial charge in [0, 0.05) is 39.1 Å². The van der Waals surface area contributed by atoms with Crippen LogP contribution >= 0.6 is 0 Å². The lowest BCUT2D eigenvalue weighted by atomic mass is 10.0. The van der Waals surface area contributed by atoms with Crippen molar-refractivity contribution in [1.29, 1.82) is 0 Å². The summed E-state index contributed by atoms with van der Waals surface area (Å²) in [6.07, 6.45) is 0.923. The van der Waals surface area contributed by atoms with Crippen molar-refractivity contribution in [2.75, 3.05) is 46.4 Å². The number of hydrogen-bond donors (Lipinski definition) is 2. The van der Waals surface area contributed by atoms with Crippen LogP contribution in [0.25, 0.3) is 0 Å². The second kappa shape index (κ2) is 11.3. The first-order valence-corrected chi connectivity index (χ1v) is 11.0. The molecule has 2 aromatic rings. The lowest BCUT2D eigenvalue weighted by Crippen LogP contribution is -2.45. The van der Waals surface area contributed by atoms with Crippen molar-refractivity contribution in [1.82, 2.24) is 9.80 Å². The number of benzene rings is 2. The Labute approximate surface area is 173 Å². The van der Waals surface area contributed by atoms with Crippen LogP contribution in [0.3, 0.4) is 0 Å². The van der Waals surface area contributed by atoms with Crippen LogP contribution in [0.1, 0.15) is 16.7 Å². The van der Waals surface area contributed by atoms with Crippen LogP contribution in [0.4, 0.5) is 0 Å². The number of hydrogen-bond acceptors (Lipinski definition) is 5. The summed E-state index contributed by atoms with van der Waals surface area (Å²) in [5.74, 6) is 1.03. The van der Waals surface area contributed by atoms with Crippen molar-refractivity contribution in [3.63, 3.8) is 0 Å². The maximum atomic E-state index is 8.74. The molecule has 1 heterocycles. The van der Waals surface area contributed by atoms with E-state index >= 15 is 0 Å². The predicted molar refractivity (Wildman–Crippen MR) is 114 cm³/mol. The molecule has 0 amide bonds. The zero-order valence-corrected chi connectivity index (χ0v) is 17.8. The second-order valence-corrected chi connectivity index (χ2v) is 8.11. The van der Waals surface area contributed by atoms with Gasteiger partial charge in [-0.25, -0.2) is 0 Å². The van der Waals surface area contributed by atoms with E-state index in [4.69, 9.17) is 22.3 Å². The zero-order valence-electron chi connectivity index (χ0n) is 17.0. The molecule has 29 heavy (non-hydrogen) atoms. The number of piperazine rings is 1. The summed E-state index contributed by atoms with van der Waals surface area (Å²) in [7, 11) is -2.48. The Kier molecular flexibility index (Phi) is 9.06. The number of rotatable bonds is 6. The number of nitrogens with zero attached hydrogens (tertiary/aromatic N) is 2. The van der Waals surface area contributed by atoms with Crippen LogP contribution in [0, 0.1) is 6.92 Å². The predicted octanol–water partition coefficient (Wildman–Crippen LogP) is 2.56. The van der Waals surface area contributed by atoms with E-state index in [9.17, 15) is 0 Å². The molecule has 0 unspecified atom stereocenters. The number of likely N-dealkylation sites (N-methyl/N-ethyl adjacent to an activating group) is 1. The molecule has 2 aromatic carbocycles. The molecular weight excluding hydrogens is 392 g/mol. The lowest BCUT2D eigenvalue weighted by molar-refractivity contribution is 0.133. The summed E-state index contributed by atoms with van der Waals surface area (Å²) in [6, 6.07) is 17.1. The molecule has 0 saturated carbocycles. The third kappa shape index (κ3) is 9.87. The molecule has 1 aliphatic rings. The monoisotopic (exact) mass is 422 g/mol. The summed E-state index contributed by atoms with van der Waals surface area (Å²) >= 11 is 0. The topological polar surface area (TPSA) is 90.3 Å². The molecule has 3 rings (SSSR count). The average molecular weight is 423 g/mol. The van der Waals surface area contributed by atoms with E-state index in [1.165, 1.54) is 16.7 Å². The Hall–Kier alpha value is -1.97. The molecule has 0 radical (unpaired) electrons. The summed E-state index contributed by atoms with van der Waals surface area (Å²) in [4.78, 5) is 4.88. The molecule has 0 bridgehead atoms. The van der Waals surface area contributed by atoms with E-state index in [1.54, 1.807) is 0 Å². The minimum absolute atomic E-state index is 0.758. The maximum absolute atomic E-state index is 8.74. The Bertz CT molecular complexity index is 843. The summed E-state index contributed by atoms with van der Waals surface area (Å²) < 4.78 is 37.7. The van der Waals surface area contributed by atoms with Crippen molar-refractivity contribution in [2.24, 2.45) is 0 Å². The fourth-order valence-corrected chi connectivity index (χ4v) is 3.16. The zero-order chi connectivity index (χ0) is 21.3. The van der Waals surface area contributed by atoms with E-state index in [-0.39, 0.29) is 0 Å². The largest absolute Gasteiger partial charge is 0.492 e. The van der Waals surface area contributed by atoms with E-state index in [1.807, 2.05) is 0 Å². The van der Waals surface area contributed by atoms with Gasteiger partial charge in [-0.1, -0.05) is 48.0 Å². The molecule has 0 aliphatic carbocycles. The Morgan fingerprint density at radius 3 is 2.24 bits per heavy atom. The van der Waals surface area contributed by atoms with Gasteiger partial charge in [0.15, 0.2) is 0 Å². The first-order valence-electron chi connectivity index (χ1n) is 9.58. The molecule has 0 atom stereocenters. The second-order valence-electron chi connectivity index (χ2n) is 7.21. The fourth-order valence-electron chi connectivity index (χ4n) is 3.16. The van der Waals surface area contributed by atoms with Gasteiger partial charge in [0.25, 0.3) is 0 Å². The SMILES string of the molecule is Cc1ccc(OCCN2CCN(C)CC2)c(Cc2ccccc2)c1.O=S(=O)(O)O. The highest BCUT2D eigenvalue weighted by Crippen LogP contribution is 2.23. The average Bonchev–Trinajstić information content (AvgIpc) is 2.65. The van der Waals surface area contributed by atoms with Crippen LogP contribution in [-0.2, 0) is 16.8 Å². The van der Waals surface area contributed by atoms with Crippen molar-refractivity contribution < 1.29 is 22.3 Å². The van der Waals surface area contributed by atoms with Crippen molar-refractivity contribution in [2.45, 2.75) is 13.3 Å². The fraction of sp³-hybridized carbons (Fsp3) is 0.429. The van der Waals surface area contributed by atoms with Crippen molar-refractivity contribution in [3.8, 4) is 5.75 Å². The molecule has 1 fully saturated rings. The van der Waals surface area contributed by atoms with Gasteiger partial charge in [-0.3, -0.25) is 14.0 Å². The minimum Gasteiger partial charge on any atom is -0.492 e. The molecule has 7 nitrogen and oxygen atoms in total. The molecule has 1 saturated heterocycles. The van der Waals surface area contributed by atoms with Crippen LogP contribution in [0.2, 0.25) is 0 Å². The summed E-state index contributed by atoms with van der Waals surface area (Å²) in [6.45, 7) is 8.51. The highest BCUT2D eigenvalue weighted by Gasteiger charge is 2.13. The first kappa shape index (κ1) is 23.3. The van der Waals surface area contributed by atoms with Gasteiger partial charge in [-0.15, -0.1) is 0 Å². The van der Waals surface area contributed by atoms with Gasteiger partial charge in [0.05, 0.1) is 0 Å². The third-order valence-corrected chi connectivity index (χ3v) is 4.71. The number of ether oxygens (including phenoxy) is 1. The standard InChI is InChI=1S/C21H28N2O.H2O4S/c1-18-8-9-21(20(16-18)17-19-6-4-3-5-7-19)24-15-14-23-12-10-22(2)11-13-23;1-5(2,3)4/h3-9,16H,10-15,17H2,1-2H3;(H2,1,2,3,4).